The number of primary amides is 1. The summed E-state index contributed by atoms with van der Waals surface area (Å²) in [7, 11) is 0. The first-order valence-electron chi connectivity index (χ1n) is 7.16. The van der Waals surface area contributed by atoms with Crippen molar-refractivity contribution < 1.29 is 4.79 Å². The molecule has 3 heterocycles. The number of fused-ring (bicyclic) bond motifs is 1. The van der Waals surface area contributed by atoms with Crippen LogP contribution in [0.5, 0.6) is 0 Å². The second kappa shape index (κ2) is 4.45. The summed E-state index contributed by atoms with van der Waals surface area (Å²) in [6, 6.07) is 3.57. The molecule has 2 aliphatic heterocycles. The number of aromatic nitrogens is 1. The first-order valence-corrected chi connectivity index (χ1v) is 7.16. The zero-order chi connectivity index (χ0) is 14.5. The lowest BCUT2D eigenvalue weighted by atomic mass is 9.85. The van der Waals surface area contributed by atoms with E-state index in [4.69, 9.17) is 5.73 Å². The molecule has 2 unspecified atom stereocenters. The van der Waals surface area contributed by atoms with Gasteiger partial charge in [-0.1, -0.05) is 0 Å². The van der Waals surface area contributed by atoms with Crippen LogP contribution >= 0.6 is 0 Å². The highest BCUT2D eigenvalue weighted by Crippen LogP contribution is 2.42. The second-order valence-corrected chi connectivity index (χ2v) is 6.51. The van der Waals surface area contributed by atoms with E-state index in [9.17, 15) is 4.79 Å². The van der Waals surface area contributed by atoms with Crippen LogP contribution in [0.1, 0.15) is 29.9 Å². The molecule has 1 aromatic rings. The van der Waals surface area contributed by atoms with Crippen molar-refractivity contribution >= 4 is 11.7 Å². The average Bonchev–Trinajstić information content (AvgIpc) is 2.91. The van der Waals surface area contributed by atoms with E-state index in [1.54, 1.807) is 6.07 Å². The molecule has 0 spiro atoms. The van der Waals surface area contributed by atoms with Gasteiger partial charge < -0.3 is 16.0 Å². The van der Waals surface area contributed by atoms with Crippen LogP contribution in [0.2, 0.25) is 0 Å². The summed E-state index contributed by atoms with van der Waals surface area (Å²) in [5.41, 5.74) is 6.84. The van der Waals surface area contributed by atoms with Gasteiger partial charge in [0.15, 0.2) is 0 Å². The van der Waals surface area contributed by atoms with Gasteiger partial charge in [-0.2, -0.15) is 0 Å². The molecule has 2 fully saturated rings. The van der Waals surface area contributed by atoms with Crippen molar-refractivity contribution in [3.63, 3.8) is 0 Å². The highest BCUT2D eigenvalue weighted by molar-refractivity contribution is 5.93. The highest BCUT2D eigenvalue weighted by atomic mass is 16.1. The number of nitrogens with one attached hydrogen (secondary N) is 1. The van der Waals surface area contributed by atoms with Gasteiger partial charge >= 0.3 is 0 Å². The molecule has 5 heteroatoms. The molecule has 0 bridgehead atoms. The van der Waals surface area contributed by atoms with Crippen molar-refractivity contribution in [3.05, 3.63) is 23.4 Å². The second-order valence-electron chi connectivity index (χ2n) is 6.51. The molecule has 1 amide bonds. The lowest BCUT2D eigenvalue weighted by Gasteiger charge is -2.36. The number of amides is 1. The number of carbonyl (C=O) groups excluding carboxylic acids is 1. The largest absolute Gasteiger partial charge is 0.366 e. The molecule has 2 saturated heterocycles. The molecule has 3 N–H and O–H groups in total. The molecule has 3 rings (SSSR count). The van der Waals surface area contributed by atoms with Crippen LogP contribution in [-0.2, 0) is 0 Å². The van der Waals surface area contributed by atoms with Gasteiger partial charge in [0.05, 0.1) is 0 Å². The standard InChI is InChI=1S/C15H22N4O/c1-9-4-10(14(16)20)5-13(18-9)19-8-11-6-17-7-12(11)15(19,2)3/h4-5,11-12,17H,6-8H2,1-3H3,(H2,16,20). The third kappa shape index (κ3) is 1.97. The Kier molecular flexibility index (Phi) is 2.97. The zero-order valence-electron chi connectivity index (χ0n) is 12.3. The predicted molar refractivity (Wildman–Crippen MR) is 78.8 cm³/mol. The first kappa shape index (κ1) is 13.4. The van der Waals surface area contributed by atoms with E-state index in [1.807, 2.05) is 13.0 Å². The van der Waals surface area contributed by atoms with Gasteiger partial charge in [-0.25, -0.2) is 4.98 Å². The van der Waals surface area contributed by atoms with E-state index in [0.29, 0.717) is 17.4 Å². The fourth-order valence-corrected chi connectivity index (χ4v) is 3.74. The third-order valence-electron chi connectivity index (χ3n) is 4.86. The molecule has 5 nitrogen and oxygen atoms in total. The fraction of sp³-hybridized carbons (Fsp3) is 0.600. The van der Waals surface area contributed by atoms with E-state index >= 15 is 0 Å². The van der Waals surface area contributed by atoms with E-state index in [-0.39, 0.29) is 5.54 Å². The Hall–Kier alpha value is -1.62. The van der Waals surface area contributed by atoms with E-state index in [2.05, 4.69) is 29.0 Å². The average molecular weight is 274 g/mol. The van der Waals surface area contributed by atoms with Gasteiger partial charge in [-0.15, -0.1) is 0 Å². The minimum atomic E-state index is -0.393. The topological polar surface area (TPSA) is 71.2 Å². The number of nitrogens with zero attached hydrogens (tertiary/aromatic N) is 2. The summed E-state index contributed by atoms with van der Waals surface area (Å²) in [5.74, 6) is 1.76. The summed E-state index contributed by atoms with van der Waals surface area (Å²) < 4.78 is 0. The van der Waals surface area contributed by atoms with Gasteiger partial charge in [-0.05, 0) is 44.7 Å². The number of anilines is 1. The highest BCUT2D eigenvalue weighted by Gasteiger charge is 2.50. The van der Waals surface area contributed by atoms with Crippen LogP contribution in [0.25, 0.3) is 0 Å². The van der Waals surface area contributed by atoms with Crippen molar-refractivity contribution in [3.8, 4) is 0 Å². The van der Waals surface area contributed by atoms with Gasteiger partial charge in [0, 0.05) is 36.4 Å². The first-order chi connectivity index (χ1) is 9.39. The molecule has 108 valence electrons. The SMILES string of the molecule is Cc1cc(C(N)=O)cc(N2CC3CNCC3C2(C)C)n1. The Morgan fingerprint density at radius 2 is 2.20 bits per heavy atom. The molecule has 2 aliphatic rings. The van der Waals surface area contributed by atoms with E-state index in [0.717, 1.165) is 31.1 Å². The lowest BCUT2D eigenvalue weighted by Crippen LogP contribution is -2.45. The van der Waals surface area contributed by atoms with Crippen LogP contribution in [0.3, 0.4) is 0 Å². The quantitative estimate of drug-likeness (QED) is 0.841. The smallest absolute Gasteiger partial charge is 0.248 e. The third-order valence-corrected chi connectivity index (χ3v) is 4.86. The Bertz CT molecular complexity index is 555. The summed E-state index contributed by atoms with van der Waals surface area (Å²) in [5, 5.41) is 3.47. The fourth-order valence-electron chi connectivity index (χ4n) is 3.74. The Balaban J connectivity index is 1.99. The van der Waals surface area contributed by atoms with Gasteiger partial charge in [-0.3, -0.25) is 4.79 Å². The normalized spacial score (nSPS) is 27.6. The lowest BCUT2D eigenvalue weighted by molar-refractivity contribution is 0.1000. The molecule has 0 aromatic carbocycles. The Labute approximate surface area is 119 Å². The summed E-state index contributed by atoms with van der Waals surface area (Å²) in [4.78, 5) is 18.4. The van der Waals surface area contributed by atoms with Gasteiger partial charge in [0.1, 0.15) is 5.82 Å². The number of hydrogen-bond donors (Lipinski definition) is 2. The number of rotatable bonds is 2. The predicted octanol–water partition coefficient (Wildman–Crippen LogP) is 0.923. The van der Waals surface area contributed by atoms with Gasteiger partial charge in [0.25, 0.3) is 0 Å². The zero-order valence-corrected chi connectivity index (χ0v) is 12.3. The number of aryl methyl sites for hydroxylation is 1. The van der Waals surface area contributed by atoms with Crippen LogP contribution in [0, 0.1) is 18.8 Å². The van der Waals surface area contributed by atoms with Crippen molar-refractivity contribution in [2.45, 2.75) is 26.3 Å². The maximum atomic E-state index is 11.4. The molecule has 0 radical (unpaired) electrons. The molecule has 20 heavy (non-hydrogen) atoms. The summed E-state index contributed by atoms with van der Waals surface area (Å²) in [6.45, 7) is 9.54. The molecule has 1 aromatic heterocycles. The van der Waals surface area contributed by atoms with Crippen molar-refractivity contribution in [2.75, 3.05) is 24.5 Å². The van der Waals surface area contributed by atoms with Crippen molar-refractivity contribution in [2.24, 2.45) is 17.6 Å². The van der Waals surface area contributed by atoms with Gasteiger partial charge in [0.2, 0.25) is 5.91 Å². The number of carbonyl (C=O) groups is 1. The van der Waals surface area contributed by atoms with Crippen LogP contribution < -0.4 is 16.0 Å². The Morgan fingerprint density at radius 3 is 2.85 bits per heavy atom. The number of nitrogens with two attached hydrogens (primary N) is 1. The Morgan fingerprint density at radius 1 is 1.45 bits per heavy atom. The van der Waals surface area contributed by atoms with E-state index in [1.165, 1.54) is 0 Å². The molecule has 0 saturated carbocycles. The molecular weight excluding hydrogens is 252 g/mol. The minimum Gasteiger partial charge on any atom is -0.366 e. The minimum absolute atomic E-state index is 0.0455. The number of hydrogen-bond acceptors (Lipinski definition) is 4. The van der Waals surface area contributed by atoms with Crippen LogP contribution in [0.4, 0.5) is 5.82 Å². The monoisotopic (exact) mass is 274 g/mol. The van der Waals surface area contributed by atoms with Crippen molar-refractivity contribution in [1.82, 2.24) is 10.3 Å². The summed E-state index contributed by atoms with van der Waals surface area (Å²) >= 11 is 0. The maximum absolute atomic E-state index is 11.4. The molecular formula is C15H22N4O. The van der Waals surface area contributed by atoms with Crippen LogP contribution in [0.15, 0.2) is 12.1 Å². The number of pyridine rings is 1. The van der Waals surface area contributed by atoms with Crippen molar-refractivity contribution in [1.29, 1.82) is 0 Å². The van der Waals surface area contributed by atoms with E-state index < -0.39 is 5.91 Å². The molecule has 0 aliphatic carbocycles. The van der Waals surface area contributed by atoms with Crippen LogP contribution in [-0.4, -0.2) is 36.1 Å². The summed E-state index contributed by atoms with van der Waals surface area (Å²) in [6.07, 6.45) is 0. The molecule has 2 atom stereocenters. The maximum Gasteiger partial charge on any atom is 0.248 e.